The van der Waals surface area contributed by atoms with Gasteiger partial charge in [0.15, 0.2) is 37.7 Å². The van der Waals surface area contributed by atoms with Crippen LogP contribution in [0.15, 0.2) is 24.3 Å². The molecule has 0 aromatic heterocycles. The summed E-state index contributed by atoms with van der Waals surface area (Å²) < 4.78 is 71.9. The molecule has 6 heterocycles. The highest BCUT2D eigenvalue weighted by molar-refractivity contribution is 5.94. The fourth-order valence-electron chi connectivity index (χ4n) is 12.3. The zero-order valence-electron chi connectivity index (χ0n) is 55.0. The van der Waals surface area contributed by atoms with E-state index in [0.717, 1.165) is 59.8 Å². The summed E-state index contributed by atoms with van der Waals surface area (Å²) in [5.74, 6) is 2.53. The van der Waals surface area contributed by atoms with Gasteiger partial charge in [-0.1, -0.05) is 32.3 Å². The molecule has 19 N–H and O–H groups in total. The lowest BCUT2D eigenvalue weighted by Gasteiger charge is -2.51. The third-order valence-electron chi connectivity index (χ3n) is 17.4. The number of hydrogen-bond acceptors (Lipinski definition) is 31. The van der Waals surface area contributed by atoms with Gasteiger partial charge in [0.2, 0.25) is 23.6 Å². The van der Waals surface area contributed by atoms with E-state index in [1.165, 1.54) is 19.1 Å². The van der Waals surface area contributed by atoms with Gasteiger partial charge in [-0.3, -0.25) is 24.0 Å². The van der Waals surface area contributed by atoms with Gasteiger partial charge in [0, 0.05) is 46.1 Å². The van der Waals surface area contributed by atoms with Gasteiger partial charge in [0.05, 0.1) is 45.7 Å². The van der Waals surface area contributed by atoms with Crippen LogP contribution in [0.2, 0.25) is 0 Å². The molecule has 0 radical (unpaired) electrons. The largest absolute Gasteiger partial charge is 0.494 e. The molecule has 556 valence electrons. The number of ether oxygens (including phenoxy) is 12. The summed E-state index contributed by atoms with van der Waals surface area (Å²) in [6.45, 7) is 3.20. The van der Waals surface area contributed by atoms with E-state index in [-0.39, 0.29) is 12.2 Å². The average molecular weight is 1410 g/mol. The van der Waals surface area contributed by atoms with Crippen LogP contribution >= 0.6 is 0 Å². The Morgan fingerprint density at radius 3 is 1.34 bits per heavy atom. The lowest BCUT2D eigenvalue weighted by molar-refractivity contribution is -0.368. The molecule has 15 unspecified atom stereocenters. The van der Waals surface area contributed by atoms with E-state index in [2.05, 4.69) is 45.3 Å². The van der Waals surface area contributed by atoms with Crippen LogP contribution in [-0.2, 0) is 71.3 Å². The minimum atomic E-state index is -2.08. The van der Waals surface area contributed by atoms with E-state index in [9.17, 15) is 95.5 Å². The van der Waals surface area contributed by atoms with Gasteiger partial charge in [-0.05, 0) is 38.0 Å². The molecule has 0 bridgehead atoms. The summed E-state index contributed by atoms with van der Waals surface area (Å²) in [5, 5.41) is 168. The molecule has 0 saturated carbocycles. The van der Waals surface area contributed by atoms with Crippen molar-refractivity contribution in [2.45, 2.75) is 270 Å². The molecule has 36 nitrogen and oxygen atoms in total. The van der Waals surface area contributed by atoms with Gasteiger partial charge in [0.25, 0.3) is 5.91 Å². The highest BCUT2D eigenvalue weighted by Gasteiger charge is 2.58. The van der Waals surface area contributed by atoms with Crippen LogP contribution in [0.25, 0.3) is 0 Å². The minimum Gasteiger partial charge on any atom is -0.494 e. The number of hydrogen-bond donors (Lipinski definition) is 19. The highest BCUT2D eigenvalue weighted by atomic mass is 16.8. The van der Waals surface area contributed by atoms with Crippen LogP contribution in [-0.4, -0.2) is 325 Å². The summed E-state index contributed by atoms with van der Waals surface area (Å²) in [4.78, 5) is 65.0. The van der Waals surface area contributed by atoms with Crippen LogP contribution in [0.3, 0.4) is 0 Å². The van der Waals surface area contributed by atoms with Gasteiger partial charge in [-0.15, -0.1) is 11.8 Å². The molecule has 30 atom stereocenters. The number of carbonyl (C=O) groups is 5. The standard InChI is InChI=1S/C62H97N5O31/c1-7-8-9-10-11-12-13-14-15-19-87-32-18-16-17-31(20-32)56(85)67-39-45(78)44(77)33(21-68)91-58(39)95-52-34(22-69)92-59(40(47(52)80)64-28(4)73)96-53-35(23-70)93-60(41(48(53)81)65-29(5)74)97-54-36(24-71)94-61(42(49(54)82)66-30(6)75)98-55-37(90-57(86)38(46(55)79)63-27(3)72)25-88-62-51(84)50(83)43(76)26(2)89-62/h16-18,20,26,33-55,57-62,68-71,76-84,86H,7-11,14-15,19,21-25H2,1-6H3,(H,63,72)(H,64,73)(H,65,74)(H,66,75)(H,67,85)/t26?,33?,34-,35?,36-,37?,38-,39-,40?,41-,42?,43?,44+,45?,46-,47?,48-,49?,50-,51+,52+,53?,54+,55?,57?,58-,59?,60-,61?,62+/m0/s1. The molecule has 1 aromatic carbocycles. The van der Waals surface area contributed by atoms with E-state index in [1.807, 2.05) is 0 Å². The first-order chi connectivity index (χ1) is 46.7. The van der Waals surface area contributed by atoms with Crippen molar-refractivity contribution in [2.75, 3.05) is 39.6 Å². The second kappa shape index (κ2) is 37.7. The SMILES string of the molecule is CCCCCCC#CCCCOc1cccc(C(=O)N[C@H]2C(O)[C@H](O)C(CO)O[C@H]2O[C@H]2C(O)C(NC(C)=O)C(OC3C(CO)O[C@@H](O[C@H]4C(O)C(NC(C)=O)C(OC5C(CO[C@@H]6OC(C)C(O)[C@H](O)[C@H]6O)OC(O)[C@@H](NC(C)=O)[C@@H]5O)O[C@H]4CO)[C@@H](NC(C)=O)[C@@H]3O)O[C@H]2CO)c1. The number of nitrogens with one attached hydrogen (secondary N) is 5. The third kappa shape index (κ3) is 20.4. The molecular formula is C62H97N5O31. The van der Waals surface area contributed by atoms with E-state index < -0.39 is 246 Å². The van der Waals surface area contributed by atoms with Gasteiger partial charge < -0.3 is 155 Å². The number of carbonyl (C=O) groups excluding carboxylic acids is 5. The van der Waals surface area contributed by atoms with E-state index >= 15 is 0 Å². The molecule has 0 aliphatic carbocycles. The summed E-state index contributed by atoms with van der Waals surface area (Å²) in [6.07, 6.45) is -38.5. The monoisotopic (exact) mass is 1410 g/mol. The number of aliphatic hydroxyl groups is 14. The smallest absolute Gasteiger partial charge is 0.251 e. The first kappa shape index (κ1) is 80.2. The summed E-state index contributed by atoms with van der Waals surface area (Å²) in [5.41, 5.74) is 0.0314. The van der Waals surface area contributed by atoms with Crippen LogP contribution in [0, 0.1) is 11.8 Å². The molecule has 6 aliphatic rings. The van der Waals surface area contributed by atoms with Crippen LogP contribution in [0.5, 0.6) is 5.75 Å². The van der Waals surface area contributed by atoms with Gasteiger partial charge in [-0.25, -0.2) is 0 Å². The van der Waals surface area contributed by atoms with Crippen molar-refractivity contribution in [1.29, 1.82) is 0 Å². The first-order valence-electron chi connectivity index (χ1n) is 32.6. The number of unbranched alkanes of at least 4 members (excludes halogenated alkanes) is 5. The molecule has 36 heteroatoms. The summed E-state index contributed by atoms with van der Waals surface area (Å²) in [6, 6.07) is -2.60. The zero-order chi connectivity index (χ0) is 71.8. The first-order valence-corrected chi connectivity index (χ1v) is 32.6. The third-order valence-corrected chi connectivity index (χ3v) is 17.4. The van der Waals surface area contributed by atoms with Gasteiger partial charge >= 0.3 is 0 Å². The van der Waals surface area contributed by atoms with Gasteiger partial charge in [0.1, 0.15) is 146 Å². The maximum absolute atomic E-state index is 13.9. The van der Waals surface area contributed by atoms with Crippen LogP contribution in [0.1, 0.15) is 96.8 Å². The Morgan fingerprint density at radius 2 is 0.878 bits per heavy atom. The molecule has 6 fully saturated rings. The lowest BCUT2D eigenvalue weighted by Crippen LogP contribution is -2.72. The average Bonchev–Trinajstić information content (AvgIpc) is 0.771. The van der Waals surface area contributed by atoms with E-state index in [0.29, 0.717) is 18.6 Å². The Labute approximate surface area is 564 Å². The van der Waals surface area contributed by atoms with Crippen LogP contribution in [0.4, 0.5) is 0 Å². The number of rotatable bonds is 29. The Balaban J connectivity index is 1.07. The molecule has 6 aliphatic heterocycles. The van der Waals surface area contributed by atoms with E-state index in [1.54, 1.807) is 12.1 Å². The second-order valence-corrected chi connectivity index (χ2v) is 24.9. The lowest BCUT2D eigenvalue weighted by atomic mass is 9.93. The Bertz CT molecular complexity index is 2770. The molecule has 0 spiro atoms. The molecule has 6 saturated heterocycles. The quantitative estimate of drug-likeness (QED) is 0.0262. The van der Waals surface area contributed by atoms with Gasteiger partial charge in [-0.2, -0.15) is 0 Å². The fraction of sp³-hybridized carbons (Fsp3) is 0.790. The Kier molecular flexibility index (Phi) is 30.9. The van der Waals surface area contributed by atoms with Crippen molar-refractivity contribution in [3.05, 3.63) is 29.8 Å². The topological polar surface area (TPSA) is 539 Å². The van der Waals surface area contributed by atoms with Crippen molar-refractivity contribution in [3.63, 3.8) is 0 Å². The van der Waals surface area contributed by atoms with Crippen molar-refractivity contribution in [1.82, 2.24) is 26.6 Å². The number of benzene rings is 1. The molecule has 1 aromatic rings. The van der Waals surface area contributed by atoms with E-state index in [4.69, 9.17) is 56.8 Å². The Morgan fingerprint density at radius 1 is 0.449 bits per heavy atom. The fourth-order valence-corrected chi connectivity index (χ4v) is 12.3. The second-order valence-electron chi connectivity index (χ2n) is 24.9. The minimum absolute atomic E-state index is 0.0314. The predicted octanol–water partition coefficient (Wildman–Crippen LogP) is -7.93. The summed E-state index contributed by atoms with van der Waals surface area (Å²) in [7, 11) is 0. The normalized spacial score (nSPS) is 39.6. The molecule has 98 heavy (non-hydrogen) atoms. The maximum Gasteiger partial charge on any atom is 0.251 e. The highest BCUT2D eigenvalue weighted by Crippen LogP contribution is 2.37. The number of amides is 5. The summed E-state index contributed by atoms with van der Waals surface area (Å²) >= 11 is 0. The van der Waals surface area contributed by atoms with Crippen molar-refractivity contribution in [3.8, 4) is 17.6 Å². The molecule has 5 amide bonds. The molecular weight excluding hydrogens is 1310 g/mol. The van der Waals surface area contributed by atoms with Crippen molar-refractivity contribution >= 4 is 29.5 Å². The maximum atomic E-state index is 13.9. The van der Waals surface area contributed by atoms with Crippen LogP contribution < -0.4 is 31.3 Å². The van der Waals surface area contributed by atoms with Crippen molar-refractivity contribution in [2.24, 2.45) is 0 Å². The Hall–Kier alpha value is -5.07. The predicted molar refractivity (Wildman–Crippen MR) is 327 cm³/mol. The number of aliphatic hydroxyl groups excluding tert-OH is 14. The molecule has 7 rings (SSSR count). The van der Waals surface area contributed by atoms with Crippen molar-refractivity contribution < 1.29 is 152 Å². The zero-order valence-corrected chi connectivity index (χ0v) is 55.0.